The van der Waals surface area contributed by atoms with E-state index in [1.807, 2.05) is 23.1 Å². The van der Waals surface area contributed by atoms with Crippen LogP contribution in [0.5, 0.6) is 5.75 Å². The molecule has 1 heterocycles. The number of rotatable bonds is 6. The monoisotopic (exact) mass is 473 g/mol. The number of carbonyl (C=O) groups is 2. The fourth-order valence-corrected chi connectivity index (χ4v) is 3.74. The van der Waals surface area contributed by atoms with E-state index in [2.05, 4.69) is 47.0 Å². The van der Waals surface area contributed by atoms with E-state index in [-0.39, 0.29) is 24.3 Å². The maximum absolute atomic E-state index is 12.8. The molecule has 160 valence electrons. The minimum atomic E-state index is -0.267. The molecule has 0 aromatic heterocycles. The molecule has 0 atom stereocenters. The number of carbonyl (C=O) groups excluding carboxylic acids is 2. The highest BCUT2D eigenvalue weighted by atomic mass is 79.9. The first-order valence-corrected chi connectivity index (χ1v) is 10.9. The summed E-state index contributed by atoms with van der Waals surface area (Å²) in [5.74, 6) is 0.698. The topological polar surface area (TPSA) is 61.9 Å². The van der Waals surface area contributed by atoms with Gasteiger partial charge in [0.25, 0.3) is 11.8 Å². The van der Waals surface area contributed by atoms with Gasteiger partial charge in [-0.2, -0.15) is 0 Å². The molecule has 1 fully saturated rings. The molecule has 2 amide bonds. The van der Waals surface area contributed by atoms with Crippen molar-refractivity contribution in [3.63, 3.8) is 0 Å². The normalized spacial score (nSPS) is 14.6. The van der Waals surface area contributed by atoms with Gasteiger partial charge < -0.3 is 19.9 Å². The molecule has 6 nitrogen and oxygen atoms in total. The summed E-state index contributed by atoms with van der Waals surface area (Å²) in [7, 11) is 2.05. The quantitative estimate of drug-likeness (QED) is 0.688. The van der Waals surface area contributed by atoms with E-state index < -0.39 is 0 Å². The lowest BCUT2D eigenvalue weighted by Gasteiger charge is -2.32. The Morgan fingerprint density at radius 2 is 1.83 bits per heavy atom. The summed E-state index contributed by atoms with van der Waals surface area (Å²) in [5, 5.41) is 2.83. The fraction of sp³-hybridized carbons (Fsp3) is 0.391. The molecule has 0 bridgehead atoms. The lowest BCUT2D eigenvalue weighted by atomic mass is 10.0. The van der Waals surface area contributed by atoms with Gasteiger partial charge in [0.15, 0.2) is 6.61 Å². The van der Waals surface area contributed by atoms with Gasteiger partial charge >= 0.3 is 0 Å². The Kier molecular flexibility index (Phi) is 7.50. The van der Waals surface area contributed by atoms with Gasteiger partial charge in [0.05, 0.1) is 0 Å². The summed E-state index contributed by atoms with van der Waals surface area (Å²) in [6.07, 6.45) is 0. The zero-order valence-electron chi connectivity index (χ0n) is 17.7. The van der Waals surface area contributed by atoms with Gasteiger partial charge in [-0.15, -0.1) is 0 Å². The lowest BCUT2D eigenvalue weighted by molar-refractivity contribution is -0.118. The number of hydrogen-bond acceptors (Lipinski definition) is 4. The molecule has 1 saturated heterocycles. The van der Waals surface area contributed by atoms with Crippen LogP contribution in [0.4, 0.5) is 5.69 Å². The number of nitrogens with zero attached hydrogens (tertiary/aromatic N) is 2. The van der Waals surface area contributed by atoms with E-state index in [0.717, 1.165) is 23.1 Å². The zero-order chi connectivity index (χ0) is 21.7. The largest absolute Gasteiger partial charge is 0.483 e. The molecular weight excluding hydrogens is 446 g/mol. The summed E-state index contributed by atoms with van der Waals surface area (Å²) in [6, 6.07) is 12.8. The van der Waals surface area contributed by atoms with Gasteiger partial charge in [-0.3, -0.25) is 9.59 Å². The maximum Gasteiger partial charge on any atom is 0.262 e. The second kappa shape index (κ2) is 10.1. The fourth-order valence-electron chi connectivity index (χ4n) is 3.36. The molecule has 2 aromatic rings. The molecule has 0 aliphatic carbocycles. The van der Waals surface area contributed by atoms with Gasteiger partial charge in [0.2, 0.25) is 0 Å². The zero-order valence-corrected chi connectivity index (χ0v) is 19.2. The van der Waals surface area contributed by atoms with Crippen molar-refractivity contribution >= 4 is 33.4 Å². The van der Waals surface area contributed by atoms with Crippen molar-refractivity contribution in [1.82, 2.24) is 9.80 Å². The summed E-state index contributed by atoms with van der Waals surface area (Å²) in [4.78, 5) is 29.2. The number of piperazine rings is 1. The van der Waals surface area contributed by atoms with Crippen LogP contribution in [0.25, 0.3) is 0 Å². The first-order valence-electron chi connectivity index (χ1n) is 10.1. The van der Waals surface area contributed by atoms with Crippen LogP contribution in [-0.4, -0.2) is 61.4 Å². The Bertz CT molecular complexity index is 908. The highest BCUT2D eigenvalue weighted by molar-refractivity contribution is 9.10. The van der Waals surface area contributed by atoms with Crippen molar-refractivity contribution < 1.29 is 14.3 Å². The first-order chi connectivity index (χ1) is 14.3. The molecule has 1 aliphatic rings. The molecular formula is C23H28BrN3O3. The van der Waals surface area contributed by atoms with Crippen molar-refractivity contribution in [3.8, 4) is 5.75 Å². The summed E-state index contributed by atoms with van der Waals surface area (Å²) in [6.45, 7) is 7.23. The summed E-state index contributed by atoms with van der Waals surface area (Å²) < 4.78 is 6.73. The van der Waals surface area contributed by atoms with Crippen LogP contribution in [0.3, 0.4) is 0 Å². The van der Waals surface area contributed by atoms with Crippen molar-refractivity contribution in [3.05, 3.63) is 58.1 Å². The summed E-state index contributed by atoms with van der Waals surface area (Å²) >= 11 is 3.47. The van der Waals surface area contributed by atoms with Crippen molar-refractivity contribution in [2.24, 2.45) is 0 Å². The number of anilines is 1. The SMILES string of the molecule is CC(C)c1cc(Br)ccc1OCC(=O)Nc1cccc(C(=O)N2CCN(C)CC2)c1. The number of halogens is 1. The van der Waals surface area contributed by atoms with E-state index in [1.54, 1.807) is 24.3 Å². The summed E-state index contributed by atoms with van der Waals surface area (Å²) in [5.41, 5.74) is 2.20. The first kappa shape index (κ1) is 22.3. The van der Waals surface area contributed by atoms with Crippen LogP contribution in [0.2, 0.25) is 0 Å². The van der Waals surface area contributed by atoms with Gasteiger partial charge in [0.1, 0.15) is 5.75 Å². The molecule has 0 unspecified atom stereocenters. The number of hydrogen-bond donors (Lipinski definition) is 1. The third-order valence-corrected chi connectivity index (χ3v) is 5.63. The Morgan fingerprint density at radius 3 is 2.53 bits per heavy atom. The second-order valence-electron chi connectivity index (χ2n) is 7.85. The molecule has 3 rings (SSSR count). The minimum absolute atomic E-state index is 0.00751. The van der Waals surface area contributed by atoms with Crippen molar-refractivity contribution in [1.29, 1.82) is 0 Å². The smallest absolute Gasteiger partial charge is 0.262 e. The van der Waals surface area contributed by atoms with Crippen LogP contribution in [0, 0.1) is 0 Å². The molecule has 7 heteroatoms. The highest BCUT2D eigenvalue weighted by Crippen LogP contribution is 2.29. The predicted molar refractivity (Wildman–Crippen MR) is 122 cm³/mol. The Morgan fingerprint density at radius 1 is 1.10 bits per heavy atom. The molecule has 30 heavy (non-hydrogen) atoms. The predicted octanol–water partition coefficient (Wildman–Crippen LogP) is 3.98. The molecule has 0 saturated carbocycles. The number of amides is 2. The van der Waals surface area contributed by atoms with Gasteiger partial charge in [-0.1, -0.05) is 35.8 Å². The van der Waals surface area contributed by atoms with Crippen LogP contribution in [0.1, 0.15) is 35.7 Å². The van der Waals surface area contributed by atoms with Crippen molar-refractivity contribution in [2.75, 3.05) is 45.2 Å². The number of benzene rings is 2. The molecule has 0 spiro atoms. The van der Waals surface area contributed by atoms with Crippen molar-refractivity contribution in [2.45, 2.75) is 19.8 Å². The third kappa shape index (κ3) is 5.83. The highest BCUT2D eigenvalue weighted by Gasteiger charge is 2.20. The number of nitrogens with one attached hydrogen (secondary N) is 1. The average Bonchev–Trinajstić information content (AvgIpc) is 2.73. The Labute approximate surface area is 186 Å². The molecule has 0 radical (unpaired) electrons. The second-order valence-corrected chi connectivity index (χ2v) is 8.77. The van der Waals surface area contributed by atoms with Gasteiger partial charge in [-0.05, 0) is 54.9 Å². The van der Waals surface area contributed by atoms with E-state index in [0.29, 0.717) is 30.1 Å². The molecule has 1 aliphatic heterocycles. The van der Waals surface area contributed by atoms with Gasteiger partial charge in [-0.25, -0.2) is 0 Å². The van der Waals surface area contributed by atoms with Crippen LogP contribution in [-0.2, 0) is 4.79 Å². The average molecular weight is 474 g/mol. The maximum atomic E-state index is 12.8. The number of ether oxygens (including phenoxy) is 1. The molecule has 2 aromatic carbocycles. The Hall–Kier alpha value is -2.38. The van der Waals surface area contributed by atoms with Crippen LogP contribution >= 0.6 is 15.9 Å². The number of likely N-dealkylation sites (N-methyl/N-ethyl adjacent to an activating group) is 1. The van der Waals surface area contributed by atoms with Crippen LogP contribution in [0.15, 0.2) is 46.9 Å². The lowest BCUT2D eigenvalue weighted by Crippen LogP contribution is -2.47. The van der Waals surface area contributed by atoms with Gasteiger partial charge in [0, 0.05) is 41.9 Å². The standard InChI is InChI=1S/C23H28BrN3O3/c1-16(2)20-14-18(24)7-8-21(20)30-15-22(28)25-19-6-4-5-17(13-19)23(29)27-11-9-26(3)10-12-27/h4-8,13-14,16H,9-12,15H2,1-3H3,(H,25,28). The van der Waals surface area contributed by atoms with E-state index in [9.17, 15) is 9.59 Å². The van der Waals surface area contributed by atoms with E-state index >= 15 is 0 Å². The third-order valence-electron chi connectivity index (χ3n) is 5.14. The minimum Gasteiger partial charge on any atom is -0.483 e. The van der Waals surface area contributed by atoms with E-state index in [4.69, 9.17) is 4.74 Å². The Balaban J connectivity index is 1.60. The van der Waals surface area contributed by atoms with E-state index in [1.165, 1.54) is 0 Å². The van der Waals surface area contributed by atoms with Crippen LogP contribution < -0.4 is 10.1 Å². The molecule has 1 N–H and O–H groups in total.